The van der Waals surface area contributed by atoms with E-state index in [2.05, 4.69) is 16.9 Å². The molecule has 0 radical (unpaired) electrons. The van der Waals surface area contributed by atoms with Crippen LogP contribution in [0, 0.1) is 0 Å². The van der Waals surface area contributed by atoms with Gasteiger partial charge in [-0.1, -0.05) is 0 Å². The molecule has 1 aromatic heterocycles. The van der Waals surface area contributed by atoms with E-state index in [1.807, 2.05) is 24.0 Å². The molecular weight excluding hydrogens is 278 g/mol. The topological polar surface area (TPSA) is 45.7 Å². The van der Waals surface area contributed by atoms with Crippen molar-refractivity contribution in [1.82, 2.24) is 14.8 Å². The van der Waals surface area contributed by atoms with Crippen LogP contribution in [0.5, 0.6) is 5.88 Å². The monoisotopic (exact) mass is 303 g/mol. The van der Waals surface area contributed by atoms with Gasteiger partial charge in [-0.25, -0.2) is 4.98 Å². The van der Waals surface area contributed by atoms with Crippen molar-refractivity contribution in [3.63, 3.8) is 0 Å². The Labute approximate surface area is 132 Å². The van der Waals surface area contributed by atoms with Gasteiger partial charge in [-0.05, 0) is 58.3 Å². The van der Waals surface area contributed by atoms with E-state index in [-0.39, 0.29) is 5.91 Å². The Kier molecular flexibility index (Phi) is 4.62. The number of ether oxygens (including phenoxy) is 1. The highest BCUT2D eigenvalue weighted by Crippen LogP contribution is 2.31. The first-order chi connectivity index (χ1) is 10.7. The van der Waals surface area contributed by atoms with E-state index in [9.17, 15) is 4.79 Å². The molecule has 5 nitrogen and oxygen atoms in total. The third-order valence-electron chi connectivity index (χ3n) is 4.86. The minimum Gasteiger partial charge on any atom is -0.477 e. The molecule has 0 bridgehead atoms. The number of carbonyl (C=O) groups excluding carboxylic acids is 1. The zero-order chi connectivity index (χ0) is 15.5. The molecule has 0 aromatic carbocycles. The Morgan fingerprint density at radius 1 is 1.32 bits per heavy atom. The highest BCUT2D eigenvalue weighted by atomic mass is 16.5. The zero-order valence-electron chi connectivity index (χ0n) is 13.5. The van der Waals surface area contributed by atoms with Crippen molar-refractivity contribution >= 4 is 5.91 Å². The standard InChI is InChI=1S/C17H25N3O2/c1-3-22-16-13(7-4-10-18-16)17(21)20-12-6-9-15(20)14-8-5-11-19(14)2/h4,7,10,14-15H,3,5-6,8-9,11-12H2,1-2H3/t14-,15-/m1/s1. The molecule has 0 unspecified atom stereocenters. The second-order valence-corrected chi connectivity index (χ2v) is 6.19. The number of hydrogen-bond acceptors (Lipinski definition) is 4. The van der Waals surface area contributed by atoms with Gasteiger partial charge in [-0.15, -0.1) is 0 Å². The van der Waals surface area contributed by atoms with Crippen LogP contribution >= 0.6 is 0 Å². The largest absolute Gasteiger partial charge is 0.477 e. The van der Waals surface area contributed by atoms with Gasteiger partial charge in [0, 0.05) is 24.8 Å². The summed E-state index contributed by atoms with van der Waals surface area (Å²) < 4.78 is 5.53. The second-order valence-electron chi connectivity index (χ2n) is 6.19. The number of amides is 1. The Morgan fingerprint density at radius 3 is 2.82 bits per heavy atom. The van der Waals surface area contributed by atoms with Crippen LogP contribution in [0.3, 0.4) is 0 Å². The summed E-state index contributed by atoms with van der Waals surface area (Å²) in [5, 5.41) is 0. The lowest BCUT2D eigenvalue weighted by Crippen LogP contribution is -2.47. The van der Waals surface area contributed by atoms with Crippen LogP contribution in [0.15, 0.2) is 18.3 Å². The molecule has 1 aromatic rings. The Morgan fingerprint density at radius 2 is 2.09 bits per heavy atom. The molecule has 120 valence electrons. The van der Waals surface area contributed by atoms with E-state index in [1.54, 1.807) is 6.20 Å². The van der Waals surface area contributed by atoms with E-state index in [0.717, 1.165) is 25.9 Å². The predicted octanol–water partition coefficient (Wildman–Crippen LogP) is 2.18. The summed E-state index contributed by atoms with van der Waals surface area (Å²) in [4.78, 5) is 21.7. The summed E-state index contributed by atoms with van der Waals surface area (Å²) in [5.74, 6) is 0.528. The number of nitrogens with zero attached hydrogens (tertiary/aromatic N) is 3. The fraction of sp³-hybridized carbons (Fsp3) is 0.647. The first-order valence-electron chi connectivity index (χ1n) is 8.31. The Bertz CT molecular complexity index is 534. The molecule has 22 heavy (non-hydrogen) atoms. The molecule has 0 spiro atoms. The molecule has 3 rings (SSSR count). The smallest absolute Gasteiger partial charge is 0.259 e. The molecule has 2 fully saturated rings. The van der Waals surface area contributed by atoms with Gasteiger partial charge in [0.2, 0.25) is 5.88 Å². The fourth-order valence-corrected chi connectivity index (χ4v) is 3.83. The summed E-state index contributed by atoms with van der Waals surface area (Å²) in [5.41, 5.74) is 0.594. The van der Waals surface area contributed by atoms with Crippen LogP contribution in [-0.4, -0.2) is 59.5 Å². The number of pyridine rings is 1. The van der Waals surface area contributed by atoms with Crippen molar-refractivity contribution in [2.24, 2.45) is 0 Å². The Hall–Kier alpha value is -1.62. The van der Waals surface area contributed by atoms with Gasteiger partial charge in [0.25, 0.3) is 5.91 Å². The molecule has 0 saturated carbocycles. The van der Waals surface area contributed by atoms with Gasteiger partial charge in [0.1, 0.15) is 5.56 Å². The molecule has 0 aliphatic carbocycles. The summed E-state index contributed by atoms with van der Waals surface area (Å²) in [6, 6.07) is 4.46. The first kappa shape index (κ1) is 15.3. The average molecular weight is 303 g/mol. The van der Waals surface area contributed by atoms with Crippen LogP contribution < -0.4 is 4.74 Å². The van der Waals surface area contributed by atoms with E-state index in [0.29, 0.717) is 30.1 Å². The lowest BCUT2D eigenvalue weighted by Gasteiger charge is -2.33. The van der Waals surface area contributed by atoms with E-state index in [4.69, 9.17) is 4.74 Å². The maximum atomic E-state index is 13.0. The van der Waals surface area contributed by atoms with Crippen molar-refractivity contribution in [3.8, 4) is 5.88 Å². The summed E-state index contributed by atoms with van der Waals surface area (Å²) in [7, 11) is 2.17. The molecule has 1 amide bonds. The number of carbonyl (C=O) groups is 1. The van der Waals surface area contributed by atoms with Crippen molar-refractivity contribution < 1.29 is 9.53 Å². The lowest BCUT2D eigenvalue weighted by molar-refractivity contribution is 0.0659. The summed E-state index contributed by atoms with van der Waals surface area (Å²) in [6.45, 7) is 4.41. The third kappa shape index (κ3) is 2.82. The third-order valence-corrected chi connectivity index (χ3v) is 4.86. The van der Waals surface area contributed by atoms with Gasteiger partial charge in [-0.2, -0.15) is 0 Å². The van der Waals surface area contributed by atoms with Crippen LogP contribution in [-0.2, 0) is 0 Å². The molecule has 0 N–H and O–H groups in total. The molecular formula is C17H25N3O2. The van der Waals surface area contributed by atoms with Gasteiger partial charge in [0.15, 0.2) is 0 Å². The van der Waals surface area contributed by atoms with E-state index < -0.39 is 0 Å². The van der Waals surface area contributed by atoms with Crippen LogP contribution in [0.2, 0.25) is 0 Å². The average Bonchev–Trinajstić information content (AvgIpc) is 3.15. The molecule has 3 heterocycles. The lowest BCUT2D eigenvalue weighted by atomic mass is 10.0. The van der Waals surface area contributed by atoms with Gasteiger partial charge < -0.3 is 14.5 Å². The Balaban J connectivity index is 1.82. The maximum Gasteiger partial charge on any atom is 0.259 e. The highest BCUT2D eigenvalue weighted by Gasteiger charge is 2.39. The maximum absolute atomic E-state index is 13.0. The summed E-state index contributed by atoms with van der Waals surface area (Å²) >= 11 is 0. The molecule has 2 aliphatic rings. The zero-order valence-corrected chi connectivity index (χ0v) is 13.5. The van der Waals surface area contributed by atoms with Gasteiger partial charge >= 0.3 is 0 Å². The minimum atomic E-state index is 0.0688. The van der Waals surface area contributed by atoms with Gasteiger partial charge in [0.05, 0.1) is 6.61 Å². The number of aromatic nitrogens is 1. The van der Waals surface area contributed by atoms with Crippen molar-refractivity contribution in [1.29, 1.82) is 0 Å². The molecule has 2 atom stereocenters. The van der Waals surface area contributed by atoms with Crippen molar-refractivity contribution in [2.45, 2.75) is 44.7 Å². The number of rotatable bonds is 4. The van der Waals surface area contributed by atoms with E-state index in [1.165, 1.54) is 12.8 Å². The predicted molar refractivity (Wildman–Crippen MR) is 85.1 cm³/mol. The normalized spacial score (nSPS) is 25.6. The minimum absolute atomic E-state index is 0.0688. The molecule has 5 heteroatoms. The summed E-state index contributed by atoms with van der Waals surface area (Å²) in [6.07, 6.45) is 6.29. The molecule has 2 aliphatic heterocycles. The quantitative estimate of drug-likeness (QED) is 0.855. The van der Waals surface area contributed by atoms with Crippen molar-refractivity contribution in [2.75, 3.05) is 26.7 Å². The fourth-order valence-electron chi connectivity index (χ4n) is 3.83. The second kappa shape index (κ2) is 6.65. The van der Waals surface area contributed by atoms with Crippen LogP contribution in [0.25, 0.3) is 0 Å². The van der Waals surface area contributed by atoms with Crippen LogP contribution in [0.1, 0.15) is 43.0 Å². The van der Waals surface area contributed by atoms with Crippen LogP contribution in [0.4, 0.5) is 0 Å². The highest BCUT2D eigenvalue weighted by molar-refractivity contribution is 5.96. The van der Waals surface area contributed by atoms with E-state index >= 15 is 0 Å². The SMILES string of the molecule is CCOc1ncccc1C(=O)N1CCC[C@@H]1[C@H]1CCCN1C. The number of hydrogen-bond donors (Lipinski definition) is 0. The van der Waals surface area contributed by atoms with Crippen molar-refractivity contribution in [3.05, 3.63) is 23.9 Å². The first-order valence-corrected chi connectivity index (χ1v) is 8.31. The number of likely N-dealkylation sites (N-methyl/N-ethyl adjacent to an activating group) is 1. The molecule has 2 saturated heterocycles. The van der Waals surface area contributed by atoms with Gasteiger partial charge in [-0.3, -0.25) is 4.79 Å². The number of likely N-dealkylation sites (tertiary alicyclic amines) is 2.